The number of methoxy groups -OCH3 is 1. The number of carbonyl (C=O) groups is 1. The number of hydrogen-bond donors (Lipinski definition) is 1. The first-order valence-corrected chi connectivity index (χ1v) is 7.70. The molecule has 0 radical (unpaired) electrons. The van der Waals surface area contributed by atoms with Gasteiger partial charge in [-0.1, -0.05) is 0 Å². The number of aryl methyl sites for hydroxylation is 1. The number of nitrogens with one attached hydrogen (secondary N) is 1. The molecular formula is C16H21N3O4. The van der Waals surface area contributed by atoms with Gasteiger partial charge in [0.2, 0.25) is 0 Å². The van der Waals surface area contributed by atoms with E-state index in [1.54, 1.807) is 7.11 Å². The van der Waals surface area contributed by atoms with Gasteiger partial charge in [0.05, 0.1) is 12.6 Å². The lowest BCUT2D eigenvalue weighted by Gasteiger charge is -2.23. The predicted molar refractivity (Wildman–Crippen MR) is 81.6 cm³/mol. The Morgan fingerprint density at radius 3 is 3.13 bits per heavy atom. The zero-order valence-corrected chi connectivity index (χ0v) is 13.4. The summed E-state index contributed by atoms with van der Waals surface area (Å²) >= 11 is 0. The molecule has 0 aliphatic carbocycles. The van der Waals surface area contributed by atoms with Gasteiger partial charge in [-0.05, 0) is 31.9 Å². The molecule has 2 aromatic rings. The highest BCUT2D eigenvalue weighted by Crippen LogP contribution is 2.33. The molecule has 2 aromatic heterocycles. The fourth-order valence-electron chi connectivity index (χ4n) is 2.86. The molecule has 0 aromatic carbocycles. The topological polar surface area (TPSA) is 80.7 Å². The van der Waals surface area contributed by atoms with Gasteiger partial charge in [0.15, 0.2) is 6.39 Å². The van der Waals surface area contributed by atoms with Crippen LogP contribution >= 0.6 is 0 Å². The first kappa shape index (κ1) is 15.6. The number of oxazole rings is 1. The fraction of sp³-hybridized carbons (Fsp3) is 0.500. The molecule has 0 bridgehead atoms. The third-order valence-electron chi connectivity index (χ3n) is 4.06. The maximum Gasteiger partial charge on any atom is 0.318 e. The van der Waals surface area contributed by atoms with Gasteiger partial charge in [0.25, 0.3) is 0 Å². The van der Waals surface area contributed by atoms with Crippen LogP contribution in [-0.2, 0) is 17.9 Å². The lowest BCUT2D eigenvalue weighted by molar-refractivity contribution is 0.156. The molecule has 2 amide bonds. The Morgan fingerprint density at radius 2 is 2.39 bits per heavy atom. The third kappa shape index (κ3) is 3.39. The average molecular weight is 319 g/mol. The highest BCUT2D eigenvalue weighted by atomic mass is 16.5. The molecule has 124 valence electrons. The second kappa shape index (κ2) is 6.87. The Hall–Kier alpha value is -2.28. The number of rotatable bonds is 5. The number of aromatic nitrogens is 1. The van der Waals surface area contributed by atoms with Gasteiger partial charge in [-0.15, -0.1) is 0 Å². The minimum Gasteiger partial charge on any atom is -0.461 e. The van der Waals surface area contributed by atoms with Crippen LogP contribution in [0, 0.1) is 6.92 Å². The van der Waals surface area contributed by atoms with E-state index in [0.29, 0.717) is 19.7 Å². The minimum atomic E-state index is -0.111. The second-order valence-corrected chi connectivity index (χ2v) is 5.60. The third-order valence-corrected chi connectivity index (χ3v) is 4.06. The zero-order valence-electron chi connectivity index (χ0n) is 13.4. The summed E-state index contributed by atoms with van der Waals surface area (Å²) in [6, 6.07) is 3.68. The molecule has 1 fully saturated rings. The van der Waals surface area contributed by atoms with E-state index in [0.717, 1.165) is 35.8 Å². The second-order valence-electron chi connectivity index (χ2n) is 5.60. The monoisotopic (exact) mass is 319 g/mol. The lowest BCUT2D eigenvalue weighted by Crippen LogP contribution is -2.39. The van der Waals surface area contributed by atoms with Crippen LogP contribution in [-0.4, -0.2) is 29.6 Å². The van der Waals surface area contributed by atoms with Crippen molar-refractivity contribution in [1.82, 2.24) is 15.2 Å². The first-order valence-electron chi connectivity index (χ1n) is 7.70. The van der Waals surface area contributed by atoms with Crippen LogP contribution in [0.2, 0.25) is 0 Å². The normalized spacial score (nSPS) is 17.7. The molecule has 7 nitrogen and oxygen atoms in total. The maximum atomic E-state index is 12.5. The van der Waals surface area contributed by atoms with Crippen LogP contribution in [0.1, 0.15) is 41.9 Å². The van der Waals surface area contributed by atoms with Gasteiger partial charge >= 0.3 is 6.03 Å². The van der Waals surface area contributed by atoms with Gasteiger partial charge in [-0.25, -0.2) is 9.78 Å². The van der Waals surface area contributed by atoms with E-state index in [9.17, 15) is 4.79 Å². The van der Waals surface area contributed by atoms with E-state index in [1.165, 1.54) is 6.39 Å². The Labute approximate surface area is 134 Å². The first-order chi connectivity index (χ1) is 11.2. The Bertz CT molecular complexity index is 664. The molecule has 1 aliphatic heterocycles. The van der Waals surface area contributed by atoms with Crippen LogP contribution in [0.5, 0.6) is 0 Å². The summed E-state index contributed by atoms with van der Waals surface area (Å²) in [6.07, 6.45) is 3.24. The van der Waals surface area contributed by atoms with E-state index in [2.05, 4.69) is 10.3 Å². The van der Waals surface area contributed by atoms with E-state index in [-0.39, 0.29) is 12.1 Å². The molecule has 23 heavy (non-hydrogen) atoms. The van der Waals surface area contributed by atoms with Gasteiger partial charge in [0.1, 0.15) is 29.6 Å². The van der Waals surface area contributed by atoms with Gasteiger partial charge < -0.3 is 23.8 Å². The van der Waals surface area contributed by atoms with Gasteiger partial charge in [-0.2, -0.15) is 0 Å². The van der Waals surface area contributed by atoms with Crippen molar-refractivity contribution in [3.63, 3.8) is 0 Å². The van der Waals surface area contributed by atoms with Crippen molar-refractivity contribution in [2.45, 2.75) is 39.0 Å². The Kier molecular flexibility index (Phi) is 4.66. The quantitative estimate of drug-likeness (QED) is 0.916. The summed E-state index contributed by atoms with van der Waals surface area (Å²) in [4.78, 5) is 18.4. The van der Waals surface area contributed by atoms with Gasteiger partial charge in [0, 0.05) is 13.7 Å². The van der Waals surface area contributed by atoms with Gasteiger partial charge in [-0.3, -0.25) is 0 Å². The summed E-state index contributed by atoms with van der Waals surface area (Å²) in [6.45, 7) is 3.34. The molecule has 7 heteroatoms. The minimum absolute atomic E-state index is 0.0287. The number of furan rings is 1. The number of urea groups is 1. The number of hydrogen-bond acceptors (Lipinski definition) is 5. The molecule has 3 heterocycles. The molecule has 1 aliphatic rings. The summed E-state index contributed by atoms with van der Waals surface area (Å²) in [5, 5.41) is 2.90. The number of likely N-dealkylation sites (tertiary alicyclic amines) is 1. The smallest absolute Gasteiger partial charge is 0.318 e. The molecule has 0 saturated carbocycles. The molecule has 1 N–H and O–H groups in total. The lowest BCUT2D eigenvalue weighted by atomic mass is 10.2. The maximum absolute atomic E-state index is 12.5. The van der Waals surface area contributed by atoms with Crippen LogP contribution in [0.3, 0.4) is 0 Å². The van der Waals surface area contributed by atoms with Crippen molar-refractivity contribution in [2.75, 3.05) is 13.7 Å². The van der Waals surface area contributed by atoms with Crippen molar-refractivity contribution in [2.24, 2.45) is 0 Å². The van der Waals surface area contributed by atoms with Crippen LogP contribution in [0.25, 0.3) is 0 Å². The molecule has 0 unspecified atom stereocenters. The summed E-state index contributed by atoms with van der Waals surface area (Å²) in [5.74, 6) is 2.30. The molecule has 1 atom stereocenters. The van der Waals surface area contributed by atoms with Crippen molar-refractivity contribution in [3.8, 4) is 0 Å². The van der Waals surface area contributed by atoms with Crippen LogP contribution in [0.4, 0.5) is 4.79 Å². The predicted octanol–water partition coefficient (Wildman–Crippen LogP) is 2.77. The average Bonchev–Trinajstić information content (AvgIpc) is 3.25. The zero-order chi connectivity index (χ0) is 16.2. The van der Waals surface area contributed by atoms with Crippen molar-refractivity contribution < 1.29 is 18.4 Å². The molecular weight excluding hydrogens is 298 g/mol. The Balaban J connectivity index is 1.63. The molecule has 1 saturated heterocycles. The summed E-state index contributed by atoms with van der Waals surface area (Å²) < 4.78 is 16.0. The summed E-state index contributed by atoms with van der Waals surface area (Å²) in [7, 11) is 1.63. The SMILES string of the molecule is COCc1ccc([C@@H]2CCCN2C(=O)NCc2ncoc2C)o1. The van der Waals surface area contributed by atoms with Crippen LogP contribution in [0.15, 0.2) is 27.4 Å². The molecule has 3 rings (SSSR count). The van der Waals surface area contributed by atoms with E-state index >= 15 is 0 Å². The van der Waals surface area contributed by atoms with E-state index in [4.69, 9.17) is 13.6 Å². The highest BCUT2D eigenvalue weighted by molar-refractivity contribution is 5.75. The fourth-order valence-corrected chi connectivity index (χ4v) is 2.86. The highest BCUT2D eigenvalue weighted by Gasteiger charge is 2.32. The van der Waals surface area contributed by atoms with Crippen LogP contribution < -0.4 is 5.32 Å². The largest absolute Gasteiger partial charge is 0.461 e. The van der Waals surface area contributed by atoms with Crippen molar-refractivity contribution >= 4 is 6.03 Å². The summed E-state index contributed by atoms with van der Waals surface area (Å²) in [5.41, 5.74) is 0.745. The number of carbonyl (C=O) groups excluding carboxylic acids is 1. The number of ether oxygens (including phenoxy) is 1. The standard InChI is InChI=1S/C16H21N3O4/c1-11-13(18-10-22-11)8-17-16(20)19-7-3-4-14(19)15-6-5-12(23-15)9-21-2/h5-6,10,14H,3-4,7-9H2,1-2H3,(H,17,20)/t14-/m0/s1. The Morgan fingerprint density at radius 1 is 1.52 bits per heavy atom. The van der Waals surface area contributed by atoms with Crippen molar-refractivity contribution in [3.05, 3.63) is 41.5 Å². The number of nitrogens with zero attached hydrogens (tertiary/aromatic N) is 2. The van der Waals surface area contributed by atoms with E-state index < -0.39 is 0 Å². The van der Waals surface area contributed by atoms with E-state index in [1.807, 2.05) is 24.0 Å². The van der Waals surface area contributed by atoms with Crippen molar-refractivity contribution in [1.29, 1.82) is 0 Å². The molecule has 0 spiro atoms. The number of amides is 2.